The van der Waals surface area contributed by atoms with Crippen LogP contribution in [-0.2, 0) is 6.42 Å². The minimum absolute atomic E-state index is 0.280. The minimum Gasteiger partial charge on any atom is -0.483 e. The normalized spacial score (nSPS) is 20.8. The Kier molecular flexibility index (Phi) is 3.50. The maximum absolute atomic E-state index is 10.5. The van der Waals surface area contributed by atoms with Crippen LogP contribution in [0, 0.1) is 27.7 Å². The van der Waals surface area contributed by atoms with Gasteiger partial charge >= 0.3 is 0 Å². The Morgan fingerprint density at radius 1 is 0.952 bits per heavy atom. The van der Waals surface area contributed by atoms with Crippen molar-refractivity contribution in [2.24, 2.45) is 0 Å². The van der Waals surface area contributed by atoms with Crippen LogP contribution in [0.1, 0.15) is 39.5 Å². The molecule has 2 aromatic carbocycles. The summed E-state index contributed by atoms with van der Waals surface area (Å²) >= 11 is 0. The van der Waals surface area contributed by atoms with Crippen molar-refractivity contribution in [3.8, 4) is 5.75 Å². The van der Waals surface area contributed by atoms with E-state index in [0.717, 1.165) is 16.9 Å². The second-order valence-corrected chi connectivity index (χ2v) is 6.21. The average Bonchev–Trinajstić information content (AvgIpc) is 2.42. The van der Waals surface area contributed by atoms with Gasteiger partial charge in [0.1, 0.15) is 11.9 Å². The zero-order valence-electron chi connectivity index (χ0n) is 13.1. The molecule has 21 heavy (non-hydrogen) atoms. The number of hydrogen-bond donors (Lipinski definition) is 1. The summed E-state index contributed by atoms with van der Waals surface area (Å²) in [5.41, 5.74) is 7.07. The monoisotopic (exact) mass is 282 g/mol. The molecule has 0 fully saturated rings. The van der Waals surface area contributed by atoms with E-state index in [0.29, 0.717) is 6.42 Å². The molecule has 0 saturated carbocycles. The second kappa shape index (κ2) is 5.19. The SMILES string of the molecule is Cc1cc(C)c2c(c1)O[C@H](c1ccc(C)c(C)c1)[C@@H](O)C2. The van der Waals surface area contributed by atoms with Gasteiger partial charge < -0.3 is 9.84 Å². The summed E-state index contributed by atoms with van der Waals surface area (Å²) in [7, 11) is 0. The zero-order valence-corrected chi connectivity index (χ0v) is 13.1. The first-order valence-corrected chi connectivity index (χ1v) is 7.47. The van der Waals surface area contributed by atoms with E-state index in [-0.39, 0.29) is 6.10 Å². The smallest absolute Gasteiger partial charge is 0.150 e. The Morgan fingerprint density at radius 2 is 1.71 bits per heavy atom. The van der Waals surface area contributed by atoms with Crippen molar-refractivity contribution in [3.63, 3.8) is 0 Å². The highest BCUT2D eigenvalue weighted by atomic mass is 16.5. The molecule has 3 rings (SSSR count). The van der Waals surface area contributed by atoms with E-state index in [9.17, 15) is 5.11 Å². The van der Waals surface area contributed by atoms with E-state index in [1.165, 1.54) is 22.3 Å². The molecular weight excluding hydrogens is 260 g/mol. The van der Waals surface area contributed by atoms with E-state index in [2.05, 4.69) is 58.0 Å². The fourth-order valence-electron chi connectivity index (χ4n) is 3.09. The van der Waals surface area contributed by atoms with Crippen LogP contribution in [0.2, 0.25) is 0 Å². The van der Waals surface area contributed by atoms with Gasteiger partial charge in [0, 0.05) is 6.42 Å². The number of aliphatic hydroxyl groups excluding tert-OH is 1. The lowest BCUT2D eigenvalue weighted by Crippen LogP contribution is -2.31. The molecule has 0 aromatic heterocycles. The first-order chi connectivity index (χ1) is 9.95. The molecular formula is C19H22O2. The highest BCUT2D eigenvalue weighted by Crippen LogP contribution is 2.37. The van der Waals surface area contributed by atoms with Crippen molar-refractivity contribution in [1.82, 2.24) is 0 Å². The highest BCUT2D eigenvalue weighted by molar-refractivity contribution is 5.46. The predicted octanol–water partition coefficient (Wildman–Crippen LogP) is 3.96. The summed E-state index contributed by atoms with van der Waals surface area (Å²) in [6.07, 6.45) is -0.127. The van der Waals surface area contributed by atoms with Crippen LogP contribution in [-0.4, -0.2) is 11.2 Å². The summed E-state index contributed by atoms with van der Waals surface area (Å²) < 4.78 is 6.14. The van der Waals surface area contributed by atoms with Crippen LogP contribution < -0.4 is 4.74 Å². The summed E-state index contributed by atoms with van der Waals surface area (Å²) in [5.74, 6) is 0.918. The molecule has 1 aliphatic rings. The number of hydrogen-bond acceptors (Lipinski definition) is 2. The molecule has 0 spiro atoms. The average molecular weight is 282 g/mol. The third kappa shape index (κ3) is 2.56. The van der Waals surface area contributed by atoms with Gasteiger partial charge in [0.2, 0.25) is 0 Å². The van der Waals surface area contributed by atoms with Crippen molar-refractivity contribution >= 4 is 0 Å². The van der Waals surface area contributed by atoms with Crippen molar-refractivity contribution < 1.29 is 9.84 Å². The van der Waals surface area contributed by atoms with Crippen LogP contribution in [0.15, 0.2) is 30.3 Å². The molecule has 2 aromatic rings. The molecule has 0 saturated heterocycles. The molecule has 0 amide bonds. The molecule has 0 bridgehead atoms. The molecule has 1 heterocycles. The molecule has 1 N–H and O–H groups in total. The Morgan fingerprint density at radius 3 is 2.43 bits per heavy atom. The third-order valence-corrected chi connectivity index (χ3v) is 4.45. The van der Waals surface area contributed by atoms with Crippen LogP contribution in [0.25, 0.3) is 0 Å². The Balaban J connectivity index is 2.00. The van der Waals surface area contributed by atoms with Crippen molar-refractivity contribution in [1.29, 1.82) is 0 Å². The van der Waals surface area contributed by atoms with Crippen molar-refractivity contribution in [2.45, 2.75) is 46.3 Å². The Hall–Kier alpha value is -1.80. The predicted molar refractivity (Wildman–Crippen MR) is 84.9 cm³/mol. The summed E-state index contributed by atoms with van der Waals surface area (Å²) in [6, 6.07) is 10.5. The van der Waals surface area contributed by atoms with Gasteiger partial charge in [-0.25, -0.2) is 0 Å². The molecule has 2 atom stereocenters. The van der Waals surface area contributed by atoms with E-state index in [4.69, 9.17) is 4.74 Å². The maximum Gasteiger partial charge on any atom is 0.150 e. The largest absolute Gasteiger partial charge is 0.483 e. The van der Waals surface area contributed by atoms with Gasteiger partial charge in [-0.1, -0.05) is 24.3 Å². The van der Waals surface area contributed by atoms with Crippen molar-refractivity contribution in [2.75, 3.05) is 0 Å². The number of fused-ring (bicyclic) bond motifs is 1. The summed E-state index contributed by atoms with van der Waals surface area (Å²) in [4.78, 5) is 0. The minimum atomic E-state index is -0.499. The van der Waals surface area contributed by atoms with Crippen LogP contribution in [0.4, 0.5) is 0 Å². The molecule has 110 valence electrons. The van der Waals surface area contributed by atoms with Crippen LogP contribution in [0.3, 0.4) is 0 Å². The van der Waals surface area contributed by atoms with Gasteiger partial charge in [0.05, 0.1) is 6.10 Å². The third-order valence-electron chi connectivity index (χ3n) is 4.45. The number of rotatable bonds is 1. The standard InChI is InChI=1S/C19H22O2/c1-11-7-14(4)16-10-17(20)19(21-18(16)8-11)15-6-5-12(2)13(3)9-15/h5-9,17,19-20H,10H2,1-4H3/t17-,19+/m0/s1. The first kappa shape index (κ1) is 14.2. The van der Waals surface area contributed by atoms with Gasteiger partial charge in [-0.15, -0.1) is 0 Å². The lowest BCUT2D eigenvalue weighted by atomic mass is 9.90. The zero-order chi connectivity index (χ0) is 15.1. The van der Waals surface area contributed by atoms with Crippen molar-refractivity contribution in [3.05, 3.63) is 63.7 Å². The van der Waals surface area contributed by atoms with Gasteiger partial charge in [0.15, 0.2) is 0 Å². The van der Waals surface area contributed by atoms with E-state index < -0.39 is 6.10 Å². The van der Waals surface area contributed by atoms with Crippen LogP contribution >= 0.6 is 0 Å². The molecule has 2 heteroatoms. The number of ether oxygens (including phenoxy) is 1. The number of aryl methyl sites for hydroxylation is 4. The first-order valence-electron chi connectivity index (χ1n) is 7.47. The van der Waals surface area contributed by atoms with Gasteiger partial charge in [-0.3, -0.25) is 0 Å². The lowest BCUT2D eigenvalue weighted by Gasteiger charge is -2.32. The molecule has 0 aliphatic carbocycles. The van der Waals surface area contributed by atoms with E-state index in [1.807, 2.05) is 0 Å². The van der Waals surface area contributed by atoms with Crippen LogP contribution in [0.5, 0.6) is 5.75 Å². The number of aliphatic hydroxyl groups is 1. The topological polar surface area (TPSA) is 29.5 Å². The Bertz CT molecular complexity index is 688. The maximum atomic E-state index is 10.5. The molecule has 1 aliphatic heterocycles. The molecule has 2 nitrogen and oxygen atoms in total. The number of benzene rings is 2. The fourth-order valence-corrected chi connectivity index (χ4v) is 3.09. The van der Waals surface area contributed by atoms with E-state index >= 15 is 0 Å². The lowest BCUT2D eigenvalue weighted by molar-refractivity contribution is 0.0205. The fraction of sp³-hybridized carbons (Fsp3) is 0.368. The van der Waals surface area contributed by atoms with Gasteiger partial charge in [-0.2, -0.15) is 0 Å². The van der Waals surface area contributed by atoms with Gasteiger partial charge in [0.25, 0.3) is 0 Å². The second-order valence-electron chi connectivity index (χ2n) is 6.21. The highest BCUT2D eigenvalue weighted by Gasteiger charge is 2.30. The quantitative estimate of drug-likeness (QED) is 0.858. The summed E-state index contributed by atoms with van der Waals surface area (Å²) in [6.45, 7) is 8.35. The Labute approximate surface area is 126 Å². The van der Waals surface area contributed by atoms with Gasteiger partial charge in [-0.05, 0) is 67.1 Å². The molecule has 0 unspecified atom stereocenters. The summed E-state index contributed by atoms with van der Waals surface area (Å²) in [5, 5.41) is 10.5. The van der Waals surface area contributed by atoms with E-state index in [1.54, 1.807) is 0 Å². The molecule has 0 radical (unpaired) electrons.